The van der Waals surface area contributed by atoms with E-state index in [4.69, 9.17) is 19.9 Å². The molecule has 2 aromatic carbocycles. The van der Waals surface area contributed by atoms with Crippen molar-refractivity contribution < 1.29 is 14.2 Å². The summed E-state index contributed by atoms with van der Waals surface area (Å²) in [7, 11) is 3.22. The summed E-state index contributed by atoms with van der Waals surface area (Å²) >= 11 is 0. The van der Waals surface area contributed by atoms with Crippen molar-refractivity contribution in [2.24, 2.45) is 0 Å². The van der Waals surface area contributed by atoms with Crippen LogP contribution >= 0.6 is 0 Å². The lowest BCUT2D eigenvalue weighted by Crippen LogP contribution is -1.99. The van der Waals surface area contributed by atoms with E-state index in [1.807, 2.05) is 43.3 Å². The van der Waals surface area contributed by atoms with Gasteiger partial charge >= 0.3 is 0 Å². The third-order valence-electron chi connectivity index (χ3n) is 2.99. The Kier molecular flexibility index (Phi) is 4.77. The highest BCUT2D eigenvalue weighted by molar-refractivity contribution is 5.68. The van der Waals surface area contributed by atoms with Crippen LogP contribution in [0.2, 0.25) is 0 Å². The summed E-state index contributed by atoms with van der Waals surface area (Å²) in [6.07, 6.45) is 0. The summed E-state index contributed by atoms with van der Waals surface area (Å²) in [5.74, 6) is 2.03. The SMILES string of the molecule is CCOc1cc(Nc2ccc(OC)c(OC)c2)ccc1N. The monoisotopic (exact) mass is 288 g/mol. The summed E-state index contributed by atoms with van der Waals surface area (Å²) in [4.78, 5) is 0. The minimum atomic E-state index is 0.573. The molecule has 0 aliphatic heterocycles. The quantitative estimate of drug-likeness (QED) is 0.797. The molecule has 0 aromatic heterocycles. The lowest BCUT2D eigenvalue weighted by molar-refractivity contribution is 0.342. The van der Waals surface area contributed by atoms with Gasteiger partial charge < -0.3 is 25.3 Å². The summed E-state index contributed by atoms with van der Waals surface area (Å²) in [6.45, 7) is 2.50. The second-order valence-electron chi connectivity index (χ2n) is 4.38. The van der Waals surface area contributed by atoms with Crippen LogP contribution in [0.4, 0.5) is 17.1 Å². The molecule has 3 N–H and O–H groups in total. The van der Waals surface area contributed by atoms with E-state index >= 15 is 0 Å². The van der Waals surface area contributed by atoms with Gasteiger partial charge in [-0.25, -0.2) is 0 Å². The predicted octanol–water partition coefficient (Wildman–Crippen LogP) is 3.43. The number of nitrogens with two attached hydrogens (primary N) is 1. The Morgan fingerprint density at radius 1 is 0.905 bits per heavy atom. The molecule has 0 saturated carbocycles. The Balaban J connectivity index is 2.23. The van der Waals surface area contributed by atoms with Crippen molar-refractivity contribution in [3.63, 3.8) is 0 Å². The molecule has 5 nitrogen and oxygen atoms in total. The number of methoxy groups -OCH3 is 2. The van der Waals surface area contributed by atoms with E-state index < -0.39 is 0 Å². The van der Waals surface area contributed by atoms with Crippen LogP contribution in [0.3, 0.4) is 0 Å². The zero-order chi connectivity index (χ0) is 15.2. The average Bonchev–Trinajstić information content (AvgIpc) is 2.50. The molecule has 0 fully saturated rings. The molecule has 0 unspecified atom stereocenters. The molecule has 0 heterocycles. The molecule has 2 rings (SSSR count). The highest BCUT2D eigenvalue weighted by atomic mass is 16.5. The average molecular weight is 288 g/mol. The molecule has 5 heteroatoms. The second kappa shape index (κ2) is 6.74. The third-order valence-corrected chi connectivity index (χ3v) is 2.99. The molecule has 112 valence electrons. The molecule has 0 bridgehead atoms. The number of nitrogen functional groups attached to an aromatic ring is 1. The Morgan fingerprint density at radius 2 is 1.52 bits per heavy atom. The number of ether oxygens (including phenoxy) is 3. The van der Waals surface area contributed by atoms with Gasteiger partial charge in [0.1, 0.15) is 5.75 Å². The van der Waals surface area contributed by atoms with E-state index in [1.54, 1.807) is 14.2 Å². The van der Waals surface area contributed by atoms with Crippen molar-refractivity contribution in [3.05, 3.63) is 36.4 Å². The van der Waals surface area contributed by atoms with Gasteiger partial charge in [0.15, 0.2) is 11.5 Å². The zero-order valence-electron chi connectivity index (χ0n) is 12.5. The number of benzene rings is 2. The van der Waals surface area contributed by atoms with Crippen LogP contribution in [-0.2, 0) is 0 Å². The van der Waals surface area contributed by atoms with Gasteiger partial charge in [-0.3, -0.25) is 0 Å². The Labute approximate surface area is 124 Å². The van der Waals surface area contributed by atoms with Crippen molar-refractivity contribution in [3.8, 4) is 17.2 Å². The molecule has 0 atom stereocenters. The van der Waals surface area contributed by atoms with E-state index in [-0.39, 0.29) is 0 Å². The molecule has 0 saturated heterocycles. The molecule has 0 aliphatic rings. The van der Waals surface area contributed by atoms with Gasteiger partial charge in [-0.05, 0) is 31.2 Å². The maximum atomic E-state index is 5.86. The first-order valence-electron chi connectivity index (χ1n) is 6.69. The number of nitrogens with one attached hydrogen (secondary N) is 1. The molecule has 0 aliphatic carbocycles. The molecular formula is C16H20N2O3. The number of rotatable bonds is 6. The molecule has 21 heavy (non-hydrogen) atoms. The molecule has 2 aromatic rings. The summed E-state index contributed by atoms with van der Waals surface area (Å²) in [5, 5.41) is 3.28. The van der Waals surface area contributed by atoms with Crippen molar-refractivity contribution in [1.29, 1.82) is 0 Å². The lowest BCUT2D eigenvalue weighted by atomic mass is 10.2. The van der Waals surface area contributed by atoms with Crippen molar-refractivity contribution in [2.45, 2.75) is 6.92 Å². The van der Waals surface area contributed by atoms with Crippen LogP contribution in [-0.4, -0.2) is 20.8 Å². The Bertz CT molecular complexity index is 614. The molecule has 0 spiro atoms. The molecule has 0 radical (unpaired) electrons. The third kappa shape index (κ3) is 3.51. The Morgan fingerprint density at radius 3 is 2.14 bits per heavy atom. The molecule has 0 amide bonds. The summed E-state index contributed by atoms with van der Waals surface area (Å²) in [5.41, 5.74) is 8.26. The van der Waals surface area contributed by atoms with Crippen LogP contribution < -0.4 is 25.3 Å². The topological polar surface area (TPSA) is 65.7 Å². The van der Waals surface area contributed by atoms with Crippen LogP contribution in [0, 0.1) is 0 Å². The van der Waals surface area contributed by atoms with Crippen molar-refractivity contribution in [1.82, 2.24) is 0 Å². The Hall–Kier alpha value is -2.56. The zero-order valence-corrected chi connectivity index (χ0v) is 12.5. The predicted molar refractivity (Wildman–Crippen MR) is 84.9 cm³/mol. The van der Waals surface area contributed by atoms with Gasteiger partial charge in [0, 0.05) is 23.5 Å². The maximum Gasteiger partial charge on any atom is 0.162 e. The number of hydrogen-bond acceptors (Lipinski definition) is 5. The fourth-order valence-electron chi connectivity index (χ4n) is 1.97. The second-order valence-corrected chi connectivity index (χ2v) is 4.38. The minimum Gasteiger partial charge on any atom is -0.493 e. The molecular weight excluding hydrogens is 268 g/mol. The first-order valence-corrected chi connectivity index (χ1v) is 6.69. The van der Waals surface area contributed by atoms with Gasteiger partial charge in [-0.2, -0.15) is 0 Å². The van der Waals surface area contributed by atoms with Crippen LogP contribution in [0.15, 0.2) is 36.4 Å². The summed E-state index contributed by atoms with van der Waals surface area (Å²) in [6, 6.07) is 11.2. The van der Waals surface area contributed by atoms with Crippen molar-refractivity contribution in [2.75, 3.05) is 31.9 Å². The normalized spacial score (nSPS) is 10.0. The van der Waals surface area contributed by atoms with Crippen molar-refractivity contribution >= 4 is 17.1 Å². The fourth-order valence-corrected chi connectivity index (χ4v) is 1.97. The largest absolute Gasteiger partial charge is 0.493 e. The minimum absolute atomic E-state index is 0.573. The first-order chi connectivity index (χ1) is 10.2. The van der Waals surface area contributed by atoms with Crippen LogP contribution in [0.5, 0.6) is 17.2 Å². The van der Waals surface area contributed by atoms with E-state index in [1.165, 1.54) is 0 Å². The van der Waals surface area contributed by atoms with Gasteiger partial charge in [0.25, 0.3) is 0 Å². The summed E-state index contributed by atoms with van der Waals surface area (Å²) < 4.78 is 16.0. The van der Waals surface area contributed by atoms with E-state index in [0.717, 1.165) is 11.4 Å². The highest BCUT2D eigenvalue weighted by Gasteiger charge is 2.06. The van der Waals surface area contributed by atoms with Gasteiger partial charge in [-0.1, -0.05) is 0 Å². The van der Waals surface area contributed by atoms with E-state index in [9.17, 15) is 0 Å². The van der Waals surface area contributed by atoms with E-state index in [0.29, 0.717) is 29.5 Å². The van der Waals surface area contributed by atoms with Crippen LogP contribution in [0.1, 0.15) is 6.92 Å². The maximum absolute atomic E-state index is 5.86. The highest BCUT2D eigenvalue weighted by Crippen LogP contribution is 2.32. The fraction of sp³-hybridized carbons (Fsp3) is 0.250. The van der Waals surface area contributed by atoms with Gasteiger partial charge in [0.05, 0.1) is 26.5 Å². The van der Waals surface area contributed by atoms with Gasteiger partial charge in [-0.15, -0.1) is 0 Å². The lowest BCUT2D eigenvalue weighted by Gasteiger charge is -2.13. The van der Waals surface area contributed by atoms with Gasteiger partial charge in [0.2, 0.25) is 0 Å². The van der Waals surface area contributed by atoms with E-state index in [2.05, 4.69) is 5.32 Å². The first kappa shape index (κ1) is 14.8. The number of hydrogen-bond donors (Lipinski definition) is 2. The van der Waals surface area contributed by atoms with Crippen LogP contribution in [0.25, 0.3) is 0 Å². The number of anilines is 3. The standard InChI is InChI=1S/C16H20N2O3/c1-4-21-15-9-11(5-7-13(15)17)18-12-6-8-14(19-2)16(10-12)20-3/h5-10,18H,4,17H2,1-3H3. The smallest absolute Gasteiger partial charge is 0.162 e.